The van der Waals surface area contributed by atoms with Gasteiger partial charge in [0, 0.05) is 23.0 Å². The molecule has 38 heavy (non-hydrogen) atoms. The first kappa shape index (κ1) is 23.9. The highest BCUT2D eigenvalue weighted by atomic mass is 16.5. The molecule has 190 valence electrons. The van der Waals surface area contributed by atoms with Crippen LogP contribution in [0.25, 0.3) is 0 Å². The molecule has 3 N–H and O–H groups in total. The Hall–Kier alpha value is -4.51. The van der Waals surface area contributed by atoms with Gasteiger partial charge in [0.05, 0.1) is 23.9 Å². The smallest absolute Gasteiger partial charge is 0.257 e. The number of benzene rings is 4. The maximum atomic E-state index is 13.5. The predicted octanol–water partition coefficient (Wildman–Crippen LogP) is 7.91. The van der Waals surface area contributed by atoms with Crippen LogP contribution in [0.5, 0.6) is 5.75 Å². The van der Waals surface area contributed by atoms with Gasteiger partial charge in [0.1, 0.15) is 5.75 Å². The predicted molar refractivity (Wildman–Crippen MR) is 155 cm³/mol. The van der Waals surface area contributed by atoms with Gasteiger partial charge in [0.25, 0.3) is 5.91 Å². The van der Waals surface area contributed by atoms with Crippen molar-refractivity contribution in [1.82, 2.24) is 0 Å². The fourth-order valence-corrected chi connectivity index (χ4v) is 5.60. The Labute approximate surface area is 223 Å². The second kappa shape index (κ2) is 10.5. The van der Waals surface area contributed by atoms with Gasteiger partial charge in [-0.3, -0.25) is 4.79 Å². The first-order valence-corrected chi connectivity index (χ1v) is 13.2. The summed E-state index contributed by atoms with van der Waals surface area (Å²) in [5.74, 6) is 1.44. The molecule has 0 fully saturated rings. The molecule has 0 spiro atoms. The summed E-state index contributed by atoms with van der Waals surface area (Å²) in [6, 6.07) is 32.3. The van der Waals surface area contributed by atoms with Crippen molar-refractivity contribution < 1.29 is 9.53 Å². The first-order chi connectivity index (χ1) is 18.7. The summed E-state index contributed by atoms with van der Waals surface area (Å²) >= 11 is 0. The number of nitrogens with one attached hydrogen (secondary N) is 3. The standard InChI is InChI=1S/C33H31N3O2/c1-2-38-26-20-14-22(15-21-26)31-28-11-6-10-27(28)29-12-7-13-30(32(29)36-31)33(37)35-25-18-16-24(17-19-25)34-23-8-4-3-5-9-23/h3-10,12-21,27-28,31,34,36H,2,11H2,1H3,(H,35,37). The van der Waals surface area contributed by atoms with Gasteiger partial charge < -0.3 is 20.7 Å². The van der Waals surface area contributed by atoms with Crippen molar-refractivity contribution in [2.24, 2.45) is 5.92 Å². The van der Waals surface area contributed by atoms with E-state index in [-0.39, 0.29) is 17.9 Å². The zero-order valence-corrected chi connectivity index (χ0v) is 21.4. The van der Waals surface area contributed by atoms with E-state index >= 15 is 0 Å². The second-order valence-corrected chi connectivity index (χ2v) is 9.77. The van der Waals surface area contributed by atoms with Crippen LogP contribution in [0.2, 0.25) is 0 Å². The number of para-hydroxylation sites is 2. The van der Waals surface area contributed by atoms with Crippen molar-refractivity contribution in [3.8, 4) is 5.75 Å². The van der Waals surface area contributed by atoms with Gasteiger partial charge in [0.2, 0.25) is 0 Å². The van der Waals surface area contributed by atoms with Crippen LogP contribution in [0, 0.1) is 5.92 Å². The minimum Gasteiger partial charge on any atom is -0.494 e. The molecule has 3 unspecified atom stereocenters. The summed E-state index contributed by atoms with van der Waals surface area (Å²) in [6.45, 7) is 2.64. The lowest BCUT2D eigenvalue weighted by molar-refractivity contribution is 0.102. The molecular weight excluding hydrogens is 470 g/mol. The van der Waals surface area contributed by atoms with Crippen LogP contribution >= 0.6 is 0 Å². The van der Waals surface area contributed by atoms with E-state index in [0.29, 0.717) is 18.1 Å². The average Bonchev–Trinajstić information content (AvgIpc) is 3.45. The molecule has 0 radical (unpaired) electrons. The number of anilines is 4. The number of hydrogen-bond acceptors (Lipinski definition) is 4. The summed E-state index contributed by atoms with van der Waals surface area (Å²) in [7, 11) is 0. The Bertz CT molecular complexity index is 1450. The fourth-order valence-electron chi connectivity index (χ4n) is 5.60. The summed E-state index contributed by atoms with van der Waals surface area (Å²) in [6.07, 6.45) is 5.58. The van der Waals surface area contributed by atoms with E-state index in [4.69, 9.17) is 4.74 Å². The Morgan fingerprint density at radius 2 is 1.61 bits per heavy atom. The van der Waals surface area contributed by atoms with E-state index < -0.39 is 0 Å². The minimum atomic E-state index is -0.121. The number of rotatable bonds is 7. The van der Waals surface area contributed by atoms with E-state index in [2.05, 4.69) is 46.3 Å². The first-order valence-electron chi connectivity index (χ1n) is 13.2. The van der Waals surface area contributed by atoms with Crippen molar-refractivity contribution >= 4 is 28.7 Å². The third kappa shape index (κ3) is 4.75. The molecule has 4 aromatic rings. The minimum absolute atomic E-state index is 0.107. The van der Waals surface area contributed by atoms with Gasteiger partial charge >= 0.3 is 0 Å². The third-order valence-corrected chi connectivity index (χ3v) is 7.40. The number of ether oxygens (including phenoxy) is 1. The molecule has 0 saturated carbocycles. The monoisotopic (exact) mass is 501 g/mol. The van der Waals surface area contributed by atoms with Gasteiger partial charge in [-0.15, -0.1) is 0 Å². The highest BCUT2D eigenvalue weighted by Gasteiger charge is 2.39. The molecule has 5 heteroatoms. The molecule has 0 bridgehead atoms. The normalized spacial score (nSPS) is 19.1. The average molecular weight is 502 g/mol. The molecule has 3 atom stereocenters. The Morgan fingerprint density at radius 1 is 0.868 bits per heavy atom. The molecule has 0 aromatic heterocycles. The van der Waals surface area contributed by atoms with Gasteiger partial charge in [-0.25, -0.2) is 0 Å². The molecule has 6 rings (SSSR count). The molecular formula is C33H31N3O2. The van der Waals surface area contributed by atoms with Crippen molar-refractivity contribution in [2.75, 3.05) is 22.6 Å². The maximum Gasteiger partial charge on any atom is 0.257 e. The molecule has 0 saturated heterocycles. The summed E-state index contributed by atoms with van der Waals surface area (Å²) < 4.78 is 5.65. The van der Waals surface area contributed by atoms with Gasteiger partial charge in [-0.2, -0.15) is 0 Å². The SMILES string of the molecule is CCOc1ccc(C2Nc3c(C(=O)Nc4ccc(Nc5ccccc5)cc4)cccc3C3C=CCC32)cc1. The molecule has 1 aliphatic heterocycles. The number of allylic oxidation sites excluding steroid dienone is 2. The van der Waals surface area contributed by atoms with Gasteiger partial charge in [0.15, 0.2) is 0 Å². The van der Waals surface area contributed by atoms with E-state index in [1.165, 1.54) is 11.1 Å². The van der Waals surface area contributed by atoms with Crippen LogP contribution in [-0.4, -0.2) is 12.5 Å². The van der Waals surface area contributed by atoms with Crippen molar-refractivity contribution in [1.29, 1.82) is 0 Å². The number of fused-ring (bicyclic) bond motifs is 3. The summed E-state index contributed by atoms with van der Waals surface area (Å²) in [4.78, 5) is 13.5. The fraction of sp³-hybridized carbons (Fsp3) is 0.182. The van der Waals surface area contributed by atoms with Crippen LogP contribution in [0.4, 0.5) is 22.7 Å². The van der Waals surface area contributed by atoms with Crippen LogP contribution in [-0.2, 0) is 0 Å². The van der Waals surface area contributed by atoms with Crippen LogP contribution in [0.1, 0.15) is 46.8 Å². The summed E-state index contributed by atoms with van der Waals surface area (Å²) in [5.41, 5.74) is 6.69. The van der Waals surface area contributed by atoms with E-state index in [1.807, 2.05) is 85.8 Å². The Morgan fingerprint density at radius 3 is 2.37 bits per heavy atom. The largest absolute Gasteiger partial charge is 0.494 e. The lowest BCUT2D eigenvalue weighted by Gasteiger charge is -2.38. The topological polar surface area (TPSA) is 62.4 Å². The zero-order chi connectivity index (χ0) is 25.9. The van der Waals surface area contributed by atoms with Gasteiger partial charge in [-0.1, -0.05) is 54.6 Å². The number of hydrogen-bond donors (Lipinski definition) is 3. The lowest BCUT2D eigenvalue weighted by Crippen LogP contribution is -2.30. The van der Waals surface area contributed by atoms with Crippen LogP contribution in [0.3, 0.4) is 0 Å². The molecule has 1 aliphatic carbocycles. The zero-order valence-electron chi connectivity index (χ0n) is 21.4. The summed E-state index contributed by atoms with van der Waals surface area (Å²) in [5, 5.41) is 10.2. The van der Waals surface area contributed by atoms with E-state index in [0.717, 1.165) is 34.9 Å². The van der Waals surface area contributed by atoms with Gasteiger partial charge in [-0.05, 0) is 85.0 Å². The molecule has 5 nitrogen and oxygen atoms in total. The third-order valence-electron chi connectivity index (χ3n) is 7.40. The van der Waals surface area contributed by atoms with Crippen molar-refractivity contribution in [3.63, 3.8) is 0 Å². The molecule has 1 heterocycles. The van der Waals surface area contributed by atoms with E-state index in [9.17, 15) is 4.79 Å². The maximum absolute atomic E-state index is 13.5. The molecule has 1 amide bonds. The van der Waals surface area contributed by atoms with Crippen LogP contribution < -0.4 is 20.7 Å². The Kier molecular flexibility index (Phi) is 6.57. The molecule has 4 aromatic carbocycles. The quantitative estimate of drug-likeness (QED) is 0.225. The van der Waals surface area contributed by atoms with Crippen molar-refractivity contribution in [3.05, 3.63) is 126 Å². The lowest BCUT2D eigenvalue weighted by atomic mass is 9.76. The highest BCUT2D eigenvalue weighted by Crippen LogP contribution is 2.50. The highest BCUT2D eigenvalue weighted by molar-refractivity contribution is 6.08. The van der Waals surface area contributed by atoms with Crippen molar-refractivity contribution in [2.45, 2.75) is 25.3 Å². The number of amides is 1. The number of carbonyl (C=O) groups is 1. The number of carbonyl (C=O) groups excluding carboxylic acids is 1. The van der Waals surface area contributed by atoms with E-state index in [1.54, 1.807) is 0 Å². The Balaban J connectivity index is 1.24. The van der Waals surface area contributed by atoms with Crippen LogP contribution in [0.15, 0.2) is 109 Å². The second-order valence-electron chi connectivity index (χ2n) is 9.77. The molecule has 2 aliphatic rings.